The van der Waals surface area contributed by atoms with Gasteiger partial charge in [0.25, 0.3) is 0 Å². The average Bonchev–Trinajstić information content (AvgIpc) is 2.59. The molecule has 0 bridgehead atoms. The van der Waals surface area contributed by atoms with Crippen molar-refractivity contribution in [3.05, 3.63) is 0 Å². The molecule has 1 saturated carbocycles. The highest BCUT2D eigenvalue weighted by Gasteiger charge is 2.35. The van der Waals surface area contributed by atoms with Gasteiger partial charge in [-0.3, -0.25) is 9.69 Å². The number of hydrogen-bond donors (Lipinski definition) is 0. The van der Waals surface area contributed by atoms with Crippen LogP contribution in [0, 0.1) is 5.92 Å². The first kappa shape index (κ1) is 11.1. The van der Waals surface area contributed by atoms with E-state index >= 15 is 0 Å². The quantitative estimate of drug-likeness (QED) is 0.697. The molecule has 1 saturated heterocycles. The van der Waals surface area contributed by atoms with E-state index in [2.05, 4.69) is 18.7 Å². The maximum atomic E-state index is 11.5. The van der Waals surface area contributed by atoms with E-state index in [-0.39, 0.29) is 0 Å². The molecule has 2 aliphatic rings. The smallest absolute Gasteiger partial charge is 0.134 e. The Morgan fingerprint density at radius 1 is 1.47 bits per heavy atom. The van der Waals surface area contributed by atoms with Crippen molar-refractivity contribution in [2.45, 2.75) is 64.5 Å². The number of carbonyl (C=O) groups excluding carboxylic acids is 1. The second-order valence-electron chi connectivity index (χ2n) is 5.39. The Kier molecular flexibility index (Phi) is 3.45. The van der Waals surface area contributed by atoms with Crippen molar-refractivity contribution in [1.29, 1.82) is 0 Å². The summed E-state index contributed by atoms with van der Waals surface area (Å²) in [6.45, 7) is 5.84. The SMILES string of the molecule is CCC1CC(C)CN1C1CCCC(=O)C1. The molecule has 0 radical (unpaired) electrons. The number of rotatable bonds is 2. The van der Waals surface area contributed by atoms with E-state index in [1.54, 1.807) is 0 Å². The lowest BCUT2D eigenvalue weighted by Crippen LogP contribution is -2.42. The summed E-state index contributed by atoms with van der Waals surface area (Å²) in [6.07, 6.45) is 6.59. The Morgan fingerprint density at radius 3 is 2.93 bits per heavy atom. The van der Waals surface area contributed by atoms with Crippen LogP contribution in [0.1, 0.15) is 52.4 Å². The van der Waals surface area contributed by atoms with Crippen LogP contribution in [0.2, 0.25) is 0 Å². The van der Waals surface area contributed by atoms with Crippen LogP contribution in [0.25, 0.3) is 0 Å². The zero-order chi connectivity index (χ0) is 10.8. The van der Waals surface area contributed by atoms with E-state index in [9.17, 15) is 4.79 Å². The van der Waals surface area contributed by atoms with Crippen LogP contribution in [-0.4, -0.2) is 29.3 Å². The summed E-state index contributed by atoms with van der Waals surface area (Å²) >= 11 is 0. The van der Waals surface area contributed by atoms with Gasteiger partial charge in [-0.2, -0.15) is 0 Å². The predicted octanol–water partition coefficient (Wildman–Crippen LogP) is 2.62. The van der Waals surface area contributed by atoms with Crippen molar-refractivity contribution >= 4 is 5.78 Å². The van der Waals surface area contributed by atoms with Crippen LogP contribution in [0.5, 0.6) is 0 Å². The van der Waals surface area contributed by atoms with Gasteiger partial charge in [0.05, 0.1) is 0 Å². The Balaban J connectivity index is 1.99. The number of carbonyl (C=O) groups is 1. The lowest BCUT2D eigenvalue weighted by Gasteiger charge is -2.34. The minimum absolute atomic E-state index is 0.487. The number of likely N-dealkylation sites (tertiary alicyclic amines) is 1. The maximum absolute atomic E-state index is 11.5. The molecular weight excluding hydrogens is 186 g/mol. The normalized spacial score (nSPS) is 38.5. The molecule has 0 aromatic heterocycles. The summed E-state index contributed by atoms with van der Waals surface area (Å²) < 4.78 is 0. The van der Waals surface area contributed by atoms with Crippen molar-refractivity contribution in [3.8, 4) is 0 Å². The molecule has 3 unspecified atom stereocenters. The summed E-state index contributed by atoms with van der Waals surface area (Å²) in [4.78, 5) is 14.1. The zero-order valence-electron chi connectivity index (χ0n) is 10.0. The molecule has 86 valence electrons. The molecule has 15 heavy (non-hydrogen) atoms. The van der Waals surface area contributed by atoms with Gasteiger partial charge in [-0.15, -0.1) is 0 Å². The van der Waals surface area contributed by atoms with Gasteiger partial charge in [0.1, 0.15) is 5.78 Å². The van der Waals surface area contributed by atoms with Crippen molar-refractivity contribution in [2.24, 2.45) is 5.92 Å². The monoisotopic (exact) mass is 209 g/mol. The predicted molar refractivity (Wildman–Crippen MR) is 61.8 cm³/mol. The van der Waals surface area contributed by atoms with Gasteiger partial charge in [-0.25, -0.2) is 0 Å². The van der Waals surface area contributed by atoms with E-state index < -0.39 is 0 Å². The van der Waals surface area contributed by atoms with Crippen LogP contribution in [0.15, 0.2) is 0 Å². The molecule has 2 heteroatoms. The fourth-order valence-corrected chi connectivity index (χ4v) is 3.32. The largest absolute Gasteiger partial charge is 0.300 e. The first-order valence-corrected chi connectivity index (χ1v) is 6.48. The highest BCUT2D eigenvalue weighted by molar-refractivity contribution is 5.79. The molecule has 0 N–H and O–H groups in total. The zero-order valence-corrected chi connectivity index (χ0v) is 10.0. The van der Waals surface area contributed by atoms with E-state index in [1.165, 1.54) is 25.8 Å². The van der Waals surface area contributed by atoms with Crippen LogP contribution in [0.3, 0.4) is 0 Å². The van der Waals surface area contributed by atoms with Crippen LogP contribution < -0.4 is 0 Å². The first-order valence-electron chi connectivity index (χ1n) is 6.48. The molecule has 0 amide bonds. The van der Waals surface area contributed by atoms with E-state index in [4.69, 9.17) is 0 Å². The fraction of sp³-hybridized carbons (Fsp3) is 0.923. The molecule has 3 atom stereocenters. The van der Waals surface area contributed by atoms with Crippen molar-refractivity contribution < 1.29 is 4.79 Å². The molecule has 2 rings (SSSR count). The third-order valence-corrected chi connectivity index (χ3v) is 4.06. The Hall–Kier alpha value is -0.370. The number of Topliss-reactive ketones (excluding diaryl/α,β-unsaturated/α-hetero) is 1. The fourth-order valence-electron chi connectivity index (χ4n) is 3.32. The Morgan fingerprint density at radius 2 is 2.27 bits per heavy atom. The minimum atomic E-state index is 0.487. The number of nitrogens with zero attached hydrogens (tertiary/aromatic N) is 1. The van der Waals surface area contributed by atoms with Crippen molar-refractivity contribution in [3.63, 3.8) is 0 Å². The maximum Gasteiger partial charge on any atom is 0.134 e. The van der Waals surface area contributed by atoms with Gasteiger partial charge in [0, 0.05) is 31.5 Å². The summed E-state index contributed by atoms with van der Waals surface area (Å²) in [6, 6.07) is 1.32. The first-order chi connectivity index (χ1) is 7.20. The van der Waals surface area contributed by atoms with Gasteiger partial charge >= 0.3 is 0 Å². The molecular formula is C13H23NO. The molecule has 0 aromatic carbocycles. The minimum Gasteiger partial charge on any atom is -0.300 e. The number of hydrogen-bond acceptors (Lipinski definition) is 2. The standard InChI is InChI=1S/C13H23NO/c1-3-11-7-10(2)9-14(11)12-5-4-6-13(15)8-12/h10-12H,3-9H2,1-2H3. The molecule has 0 spiro atoms. The van der Waals surface area contributed by atoms with E-state index in [1.807, 2.05) is 0 Å². The van der Waals surface area contributed by atoms with Crippen molar-refractivity contribution in [1.82, 2.24) is 4.90 Å². The third kappa shape index (κ3) is 2.41. The Bertz CT molecular complexity index is 239. The summed E-state index contributed by atoms with van der Waals surface area (Å²) in [7, 11) is 0. The van der Waals surface area contributed by atoms with Gasteiger partial charge in [-0.05, 0) is 31.6 Å². The molecule has 2 nitrogen and oxygen atoms in total. The molecule has 1 heterocycles. The number of ketones is 1. The summed E-state index contributed by atoms with van der Waals surface area (Å²) in [5.41, 5.74) is 0. The molecule has 1 aliphatic heterocycles. The van der Waals surface area contributed by atoms with Gasteiger partial charge in [0.15, 0.2) is 0 Å². The molecule has 2 fully saturated rings. The lowest BCUT2D eigenvalue weighted by molar-refractivity contribution is -0.122. The summed E-state index contributed by atoms with van der Waals surface area (Å²) in [5, 5.41) is 0. The highest BCUT2D eigenvalue weighted by atomic mass is 16.1. The topological polar surface area (TPSA) is 20.3 Å². The van der Waals surface area contributed by atoms with E-state index in [0.717, 1.165) is 31.2 Å². The van der Waals surface area contributed by atoms with Gasteiger partial charge in [0.2, 0.25) is 0 Å². The molecule has 0 aromatic rings. The molecule has 1 aliphatic carbocycles. The van der Waals surface area contributed by atoms with Crippen LogP contribution in [-0.2, 0) is 4.79 Å². The summed E-state index contributed by atoms with van der Waals surface area (Å²) in [5.74, 6) is 1.31. The second-order valence-corrected chi connectivity index (χ2v) is 5.39. The van der Waals surface area contributed by atoms with Crippen molar-refractivity contribution in [2.75, 3.05) is 6.54 Å². The van der Waals surface area contributed by atoms with Gasteiger partial charge < -0.3 is 0 Å². The highest BCUT2D eigenvalue weighted by Crippen LogP contribution is 2.31. The Labute approximate surface area is 93.0 Å². The van der Waals surface area contributed by atoms with Crippen LogP contribution in [0.4, 0.5) is 0 Å². The average molecular weight is 209 g/mol. The van der Waals surface area contributed by atoms with E-state index in [0.29, 0.717) is 11.8 Å². The lowest BCUT2D eigenvalue weighted by atomic mass is 9.92. The second kappa shape index (κ2) is 4.65. The van der Waals surface area contributed by atoms with Crippen LogP contribution >= 0.6 is 0 Å². The third-order valence-electron chi connectivity index (χ3n) is 4.06. The van der Waals surface area contributed by atoms with Gasteiger partial charge in [-0.1, -0.05) is 13.8 Å².